The first-order chi connectivity index (χ1) is 12.7. The highest BCUT2D eigenvalue weighted by Crippen LogP contribution is 2.30. The zero-order chi connectivity index (χ0) is 17.9. The Hall–Kier alpha value is -2.96. The minimum Gasteiger partial charge on any atom is -0.352 e. The van der Waals surface area contributed by atoms with E-state index in [0.29, 0.717) is 24.3 Å². The summed E-state index contributed by atoms with van der Waals surface area (Å²) >= 11 is 0. The number of nitrogens with zero attached hydrogens (tertiary/aromatic N) is 4. The number of nitrogens with one attached hydrogen (secondary N) is 1. The van der Waals surface area contributed by atoms with Gasteiger partial charge >= 0.3 is 0 Å². The van der Waals surface area contributed by atoms with E-state index in [1.165, 1.54) is 0 Å². The van der Waals surface area contributed by atoms with Crippen molar-refractivity contribution in [1.29, 1.82) is 0 Å². The molecule has 4 rings (SSSR count). The summed E-state index contributed by atoms with van der Waals surface area (Å²) in [6.07, 6.45) is 6.98. The Morgan fingerprint density at radius 3 is 2.58 bits per heavy atom. The molecule has 0 radical (unpaired) electrons. The van der Waals surface area contributed by atoms with E-state index in [1.54, 1.807) is 30.7 Å². The number of hydrogen-bond acceptors (Lipinski definition) is 5. The van der Waals surface area contributed by atoms with Crippen LogP contribution >= 0.6 is 0 Å². The van der Waals surface area contributed by atoms with Crippen LogP contribution in [0.3, 0.4) is 0 Å². The van der Waals surface area contributed by atoms with Crippen molar-refractivity contribution in [3.8, 4) is 0 Å². The Morgan fingerprint density at radius 1 is 1.08 bits per heavy atom. The Kier molecular flexibility index (Phi) is 4.51. The Bertz CT molecular complexity index is 799. The molecule has 7 nitrogen and oxygen atoms in total. The quantitative estimate of drug-likeness (QED) is 0.909. The van der Waals surface area contributed by atoms with Gasteiger partial charge in [-0.1, -0.05) is 6.07 Å². The number of rotatable bonds is 4. The van der Waals surface area contributed by atoms with Crippen molar-refractivity contribution in [3.63, 3.8) is 0 Å². The lowest BCUT2D eigenvalue weighted by Crippen LogP contribution is -2.49. The van der Waals surface area contributed by atoms with Gasteiger partial charge in [-0.05, 0) is 31.0 Å². The van der Waals surface area contributed by atoms with Gasteiger partial charge in [-0.2, -0.15) is 0 Å². The van der Waals surface area contributed by atoms with Gasteiger partial charge in [0.25, 0.3) is 5.91 Å². The largest absolute Gasteiger partial charge is 0.352 e. The fraction of sp³-hybridized carbons (Fsp3) is 0.368. The van der Waals surface area contributed by atoms with E-state index in [2.05, 4.69) is 20.2 Å². The van der Waals surface area contributed by atoms with Crippen molar-refractivity contribution in [3.05, 3.63) is 48.4 Å². The molecule has 2 aliphatic rings. The highest BCUT2D eigenvalue weighted by atomic mass is 16.2. The Balaban J connectivity index is 1.38. The third-order valence-electron chi connectivity index (χ3n) is 4.77. The molecule has 26 heavy (non-hydrogen) atoms. The van der Waals surface area contributed by atoms with Crippen LogP contribution in [-0.4, -0.2) is 52.9 Å². The minimum absolute atomic E-state index is 0.00804. The molecule has 0 bridgehead atoms. The number of hydrogen-bond donors (Lipinski definition) is 1. The van der Waals surface area contributed by atoms with E-state index in [4.69, 9.17) is 0 Å². The molecule has 1 aromatic carbocycles. The van der Waals surface area contributed by atoms with Crippen LogP contribution in [0.25, 0.3) is 0 Å². The van der Waals surface area contributed by atoms with E-state index in [-0.39, 0.29) is 17.7 Å². The number of benzene rings is 1. The molecule has 1 aliphatic carbocycles. The van der Waals surface area contributed by atoms with Gasteiger partial charge in [0.15, 0.2) is 0 Å². The van der Waals surface area contributed by atoms with Crippen LogP contribution in [0, 0.1) is 5.92 Å². The van der Waals surface area contributed by atoms with E-state index >= 15 is 0 Å². The standard InChI is InChI=1S/C19H21N5O2/c25-18(14-4-5-14)22-16-3-1-2-15(12-16)19(26)24-10-8-23(9-11-24)17-13-20-6-7-21-17/h1-3,6-7,12-14H,4-5,8-11H2,(H,22,25). The number of amides is 2. The van der Waals surface area contributed by atoms with E-state index < -0.39 is 0 Å². The summed E-state index contributed by atoms with van der Waals surface area (Å²) in [6.45, 7) is 2.72. The lowest BCUT2D eigenvalue weighted by atomic mass is 10.1. The zero-order valence-electron chi connectivity index (χ0n) is 14.5. The summed E-state index contributed by atoms with van der Waals surface area (Å²) in [5.41, 5.74) is 1.29. The average molecular weight is 351 g/mol. The molecule has 1 saturated carbocycles. The maximum atomic E-state index is 12.8. The monoisotopic (exact) mass is 351 g/mol. The Morgan fingerprint density at radius 2 is 1.88 bits per heavy atom. The number of aromatic nitrogens is 2. The van der Waals surface area contributed by atoms with Gasteiger partial charge < -0.3 is 15.1 Å². The first-order valence-corrected chi connectivity index (χ1v) is 8.92. The predicted molar refractivity (Wildman–Crippen MR) is 97.9 cm³/mol. The maximum Gasteiger partial charge on any atom is 0.254 e. The maximum absolute atomic E-state index is 12.8. The summed E-state index contributed by atoms with van der Waals surface area (Å²) in [5.74, 6) is 1.02. The van der Waals surface area contributed by atoms with Gasteiger partial charge in [0.05, 0.1) is 6.20 Å². The lowest BCUT2D eigenvalue weighted by molar-refractivity contribution is -0.117. The summed E-state index contributed by atoms with van der Waals surface area (Å²) in [5, 5.41) is 2.90. The topological polar surface area (TPSA) is 78.4 Å². The van der Waals surface area contributed by atoms with Crippen LogP contribution in [0.4, 0.5) is 11.5 Å². The summed E-state index contributed by atoms with van der Waals surface area (Å²) in [6, 6.07) is 7.19. The molecule has 0 spiro atoms. The van der Waals surface area contributed by atoms with Gasteiger partial charge in [-0.15, -0.1) is 0 Å². The molecule has 2 aromatic rings. The summed E-state index contributed by atoms with van der Waals surface area (Å²) in [7, 11) is 0. The molecule has 134 valence electrons. The van der Waals surface area contributed by atoms with Crippen molar-refractivity contribution in [2.75, 3.05) is 36.4 Å². The zero-order valence-corrected chi connectivity index (χ0v) is 14.5. The third-order valence-corrected chi connectivity index (χ3v) is 4.77. The first-order valence-electron chi connectivity index (χ1n) is 8.92. The fourth-order valence-electron chi connectivity index (χ4n) is 3.10. The van der Waals surface area contributed by atoms with Crippen molar-refractivity contribution >= 4 is 23.3 Å². The normalized spacial score (nSPS) is 17.1. The van der Waals surface area contributed by atoms with Crippen molar-refractivity contribution in [2.24, 2.45) is 5.92 Å². The van der Waals surface area contributed by atoms with Gasteiger partial charge in [-0.25, -0.2) is 4.98 Å². The molecule has 2 amide bonds. The third kappa shape index (κ3) is 3.66. The van der Waals surface area contributed by atoms with Crippen molar-refractivity contribution < 1.29 is 9.59 Å². The summed E-state index contributed by atoms with van der Waals surface area (Å²) < 4.78 is 0. The average Bonchev–Trinajstić information content (AvgIpc) is 3.54. The molecule has 1 saturated heterocycles. The molecule has 2 fully saturated rings. The molecule has 0 atom stereocenters. The van der Waals surface area contributed by atoms with E-state index in [1.807, 2.05) is 17.0 Å². The molecule has 2 heterocycles. The number of carbonyl (C=O) groups is 2. The van der Waals surface area contributed by atoms with Gasteiger partial charge in [-0.3, -0.25) is 14.6 Å². The van der Waals surface area contributed by atoms with Gasteiger partial charge in [0.1, 0.15) is 5.82 Å². The van der Waals surface area contributed by atoms with Crippen molar-refractivity contribution in [1.82, 2.24) is 14.9 Å². The summed E-state index contributed by atoms with van der Waals surface area (Å²) in [4.78, 5) is 37.1. The van der Waals surface area contributed by atoms with Crippen molar-refractivity contribution in [2.45, 2.75) is 12.8 Å². The second kappa shape index (κ2) is 7.11. The molecular formula is C19H21N5O2. The number of piperazine rings is 1. The fourth-order valence-corrected chi connectivity index (χ4v) is 3.10. The molecule has 1 aromatic heterocycles. The SMILES string of the molecule is O=C(Nc1cccc(C(=O)N2CCN(c3cnccn3)CC2)c1)C1CC1. The van der Waals surface area contributed by atoms with Crippen LogP contribution in [0.2, 0.25) is 0 Å². The molecule has 7 heteroatoms. The number of carbonyl (C=O) groups excluding carboxylic acids is 2. The predicted octanol–water partition coefficient (Wildman–Crippen LogP) is 1.79. The van der Waals surface area contributed by atoms with Crippen LogP contribution < -0.4 is 10.2 Å². The highest BCUT2D eigenvalue weighted by molar-refractivity contribution is 5.98. The number of anilines is 2. The first kappa shape index (κ1) is 16.5. The molecule has 0 unspecified atom stereocenters. The van der Waals surface area contributed by atoms with E-state index in [9.17, 15) is 9.59 Å². The second-order valence-electron chi connectivity index (χ2n) is 6.69. The molecular weight excluding hydrogens is 330 g/mol. The highest BCUT2D eigenvalue weighted by Gasteiger charge is 2.29. The smallest absolute Gasteiger partial charge is 0.254 e. The van der Waals surface area contributed by atoms with Crippen LogP contribution in [0.1, 0.15) is 23.2 Å². The van der Waals surface area contributed by atoms with Crippen LogP contribution in [0.5, 0.6) is 0 Å². The van der Waals surface area contributed by atoms with Gasteiger partial charge in [0.2, 0.25) is 5.91 Å². The van der Waals surface area contributed by atoms with Crippen LogP contribution in [0.15, 0.2) is 42.9 Å². The molecule has 1 N–H and O–H groups in total. The lowest BCUT2D eigenvalue weighted by Gasteiger charge is -2.35. The second-order valence-corrected chi connectivity index (χ2v) is 6.69. The van der Waals surface area contributed by atoms with Gasteiger partial charge in [0, 0.05) is 55.7 Å². The Labute approximate surface area is 152 Å². The minimum atomic E-state index is -0.00804. The molecule has 1 aliphatic heterocycles. The van der Waals surface area contributed by atoms with E-state index in [0.717, 1.165) is 31.7 Å². The van der Waals surface area contributed by atoms with Crippen LogP contribution in [-0.2, 0) is 4.79 Å².